The van der Waals surface area contributed by atoms with E-state index in [-0.39, 0.29) is 23.6 Å². The maximum atomic E-state index is 12.9. The highest BCUT2D eigenvalue weighted by atomic mass is 35.5. The number of carbonyl (C=O) groups excluding carboxylic acids is 2. The van der Waals surface area contributed by atoms with Crippen LogP contribution in [0.1, 0.15) is 55.0 Å². The Bertz CT molecular complexity index is 1150. The molecule has 0 aliphatic heterocycles. The zero-order chi connectivity index (χ0) is 24.7. The van der Waals surface area contributed by atoms with Crippen LogP contribution in [-0.4, -0.2) is 32.3 Å². The van der Waals surface area contributed by atoms with Gasteiger partial charge in [0.05, 0.1) is 22.4 Å². The molecular formula is C25H30ClN5O2S. The Morgan fingerprint density at radius 1 is 1.12 bits per heavy atom. The summed E-state index contributed by atoms with van der Waals surface area (Å²) in [6, 6.07) is 14.3. The van der Waals surface area contributed by atoms with Gasteiger partial charge in [-0.1, -0.05) is 61.5 Å². The van der Waals surface area contributed by atoms with Gasteiger partial charge >= 0.3 is 0 Å². The van der Waals surface area contributed by atoms with Crippen LogP contribution in [-0.2, 0) is 11.3 Å². The van der Waals surface area contributed by atoms with E-state index in [0.717, 1.165) is 11.3 Å². The third-order valence-corrected chi connectivity index (χ3v) is 6.43. The first-order chi connectivity index (χ1) is 16.3. The lowest BCUT2D eigenvalue weighted by Crippen LogP contribution is -2.31. The number of hydrogen-bond donors (Lipinski definition) is 2. The minimum absolute atomic E-state index is 0.117. The number of benzene rings is 2. The van der Waals surface area contributed by atoms with Crippen molar-refractivity contribution in [1.82, 2.24) is 20.1 Å². The Hall–Kier alpha value is -2.84. The number of hydrogen-bond acceptors (Lipinski definition) is 5. The van der Waals surface area contributed by atoms with Gasteiger partial charge in [-0.05, 0) is 56.0 Å². The summed E-state index contributed by atoms with van der Waals surface area (Å²) in [6.07, 6.45) is 0.687. The molecule has 0 fully saturated rings. The second-order valence-electron chi connectivity index (χ2n) is 8.43. The molecule has 3 aromatic rings. The summed E-state index contributed by atoms with van der Waals surface area (Å²) in [7, 11) is 0. The lowest BCUT2D eigenvalue weighted by Gasteiger charge is -2.21. The standard InChI is InChI=1S/C25H30ClN5O2S/c1-5-31-23(21(13-16(2)3)28-24(33)19-11-6-7-12-20(19)26)29-30-25(31)34-15-22(32)27-18-10-8-9-17(4)14-18/h6-12,14,16,21H,5,13,15H2,1-4H3,(H,27,32)(H,28,33)/t21-/m0/s1. The minimum Gasteiger partial charge on any atom is -0.342 e. The maximum absolute atomic E-state index is 12.9. The van der Waals surface area contributed by atoms with Crippen molar-refractivity contribution >= 4 is 40.9 Å². The molecule has 2 aromatic carbocycles. The van der Waals surface area contributed by atoms with Crippen LogP contribution in [0.15, 0.2) is 53.7 Å². The largest absolute Gasteiger partial charge is 0.342 e. The molecule has 0 bridgehead atoms. The van der Waals surface area contributed by atoms with Crippen molar-refractivity contribution in [1.29, 1.82) is 0 Å². The van der Waals surface area contributed by atoms with Gasteiger partial charge in [0.25, 0.3) is 5.91 Å². The molecule has 1 aromatic heterocycles. The van der Waals surface area contributed by atoms with Crippen LogP contribution < -0.4 is 10.6 Å². The summed E-state index contributed by atoms with van der Waals surface area (Å²) >= 11 is 7.54. The molecule has 7 nitrogen and oxygen atoms in total. The van der Waals surface area contributed by atoms with Crippen molar-refractivity contribution in [2.24, 2.45) is 5.92 Å². The van der Waals surface area contributed by atoms with Gasteiger partial charge in [0.15, 0.2) is 11.0 Å². The molecule has 9 heteroatoms. The first-order valence-electron chi connectivity index (χ1n) is 11.3. The normalized spacial score (nSPS) is 11.9. The fourth-order valence-corrected chi connectivity index (χ4v) is 4.62. The van der Waals surface area contributed by atoms with Crippen molar-refractivity contribution in [2.45, 2.75) is 51.9 Å². The highest BCUT2D eigenvalue weighted by Crippen LogP contribution is 2.26. The Morgan fingerprint density at radius 3 is 2.56 bits per heavy atom. The Labute approximate surface area is 209 Å². The first kappa shape index (κ1) is 25.8. The summed E-state index contributed by atoms with van der Waals surface area (Å²) in [5.74, 6) is 0.808. The number of thioether (sulfide) groups is 1. The van der Waals surface area contributed by atoms with E-state index in [1.807, 2.05) is 42.7 Å². The summed E-state index contributed by atoms with van der Waals surface area (Å²) in [4.78, 5) is 25.4. The van der Waals surface area contributed by atoms with Gasteiger partial charge in [-0.25, -0.2) is 0 Å². The topological polar surface area (TPSA) is 88.9 Å². The van der Waals surface area contributed by atoms with Crippen LogP contribution in [0.5, 0.6) is 0 Å². The van der Waals surface area contributed by atoms with E-state index in [4.69, 9.17) is 11.6 Å². The fraction of sp³-hybridized carbons (Fsp3) is 0.360. The van der Waals surface area contributed by atoms with Gasteiger partial charge in [0.1, 0.15) is 0 Å². The summed E-state index contributed by atoms with van der Waals surface area (Å²) in [5.41, 5.74) is 2.27. The van der Waals surface area contributed by atoms with Crippen LogP contribution in [0.25, 0.3) is 0 Å². The average Bonchev–Trinajstić information content (AvgIpc) is 3.20. The summed E-state index contributed by atoms with van der Waals surface area (Å²) in [6.45, 7) is 8.76. The quantitative estimate of drug-likeness (QED) is 0.359. The number of rotatable bonds is 10. The van der Waals surface area contributed by atoms with Gasteiger partial charge in [-0.15, -0.1) is 10.2 Å². The molecular weight excluding hydrogens is 470 g/mol. The van der Waals surface area contributed by atoms with Gasteiger partial charge in [-0.3, -0.25) is 9.59 Å². The molecule has 1 atom stereocenters. The van der Waals surface area contributed by atoms with Crippen molar-refractivity contribution in [3.8, 4) is 0 Å². The molecule has 0 aliphatic carbocycles. The molecule has 0 saturated carbocycles. The molecule has 0 unspecified atom stereocenters. The van der Waals surface area contributed by atoms with Crippen LogP contribution >= 0.6 is 23.4 Å². The third-order valence-electron chi connectivity index (χ3n) is 5.14. The van der Waals surface area contributed by atoms with Gasteiger partial charge in [0, 0.05) is 12.2 Å². The van der Waals surface area contributed by atoms with Gasteiger partial charge < -0.3 is 15.2 Å². The Balaban J connectivity index is 1.74. The van der Waals surface area contributed by atoms with Gasteiger partial charge in [-0.2, -0.15) is 0 Å². The lowest BCUT2D eigenvalue weighted by atomic mass is 10.0. The molecule has 0 saturated heterocycles. The minimum atomic E-state index is -0.341. The van der Waals surface area contributed by atoms with Crippen molar-refractivity contribution < 1.29 is 9.59 Å². The number of anilines is 1. The molecule has 180 valence electrons. The van der Waals surface area contributed by atoms with Crippen LogP contribution in [0.3, 0.4) is 0 Å². The molecule has 3 rings (SSSR count). The molecule has 0 radical (unpaired) electrons. The number of aromatic nitrogens is 3. The van der Waals surface area contributed by atoms with E-state index in [9.17, 15) is 9.59 Å². The third kappa shape index (κ3) is 6.84. The first-order valence-corrected chi connectivity index (χ1v) is 12.6. The molecule has 2 N–H and O–H groups in total. The number of aryl methyl sites for hydroxylation is 1. The van der Waals surface area contributed by atoms with Crippen molar-refractivity contribution in [3.05, 3.63) is 70.5 Å². The van der Waals surface area contributed by atoms with Gasteiger partial charge in [0.2, 0.25) is 5.91 Å². The number of carbonyl (C=O) groups is 2. The second-order valence-corrected chi connectivity index (χ2v) is 9.78. The number of nitrogens with one attached hydrogen (secondary N) is 2. The Morgan fingerprint density at radius 2 is 1.88 bits per heavy atom. The summed E-state index contributed by atoms with van der Waals surface area (Å²) < 4.78 is 1.95. The number of halogens is 1. The van der Waals surface area contributed by atoms with E-state index >= 15 is 0 Å². The monoisotopic (exact) mass is 499 g/mol. The van der Waals surface area contributed by atoms with E-state index in [1.165, 1.54) is 11.8 Å². The molecule has 1 heterocycles. The predicted molar refractivity (Wildman–Crippen MR) is 137 cm³/mol. The van der Waals surface area contributed by atoms with Crippen LogP contribution in [0.2, 0.25) is 5.02 Å². The smallest absolute Gasteiger partial charge is 0.253 e. The number of amides is 2. The SMILES string of the molecule is CCn1c(SCC(=O)Nc2cccc(C)c2)nnc1[C@H](CC(C)C)NC(=O)c1ccccc1Cl. The van der Waals surface area contributed by atoms with Crippen molar-refractivity contribution in [3.63, 3.8) is 0 Å². The van der Waals surface area contributed by atoms with E-state index in [2.05, 4.69) is 34.7 Å². The van der Waals surface area contributed by atoms with E-state index < -0.39 is 0 Å². The van der Waals surface area contributed by atoms with E-state index in [1.54, 1.807) is 24.3 Å². The zero-order valence-corrected chi connectivity index (χ0v) is 21.4. The molecule has 0 aliphatic rings. The average molecular weight is 500 g/mol. The number of nitrogens with zero attached hydrogens (tertiary/aromatic N) is 3. The molecule has 2 amide bonds. The molecule has 0 spiro atoms. The maximum Gasteiger partial charge on any atom is 0.253 e. The Kier molecular flexibility index (Phi) is 9.12. The van der Waals surface area contributed by atoms with E-state index in [0.29, 0.717) is 40.5 Å². The second kappa shape index (κ2) is 12.0. The fourth-order valence-electron chi connectivity index (χ4n) is 3.59. The lowest BCUT2D eigenvalue weighted by molar-refractivity contribution is -0.113. The predicted octanol–water partition coefficient (Wildman–Crippen LogP) is 5.51. The highest BCUT2D eigenvalue weighted by Gasteiger charge is 2.25. The summed E-state index contributed by atoms with van der Waals surface area (Å²) in [5, 5.41) is 15.7. The van der Waals surface area contributed by atoms with Crippen LogP contribution in [0.4, 0.5) is 5.69 Å². The molecule has 34 heavy (non-hydrogen) atoms. The van der Waals surface area contributed by atoms with Crippen LogP contribution in [0, 0.1) is 12.8 Å². The zero-order valence-electron chi connectivity index (χ0n) is 19.8. The highest BCUT2D eigenvalue weighted by molar-refractivity contribution is 7.99. The van der Waals surface area contributed by atoms with Crippen molar-refractivity contribution in [2.75, 3.05) is 11.1 Å².